The summed E-state index contributed by atoms with van der Waals surface area (Å²) in [4.78, 5) is 20.1. The number of rotatable bonds is 7. The molecule has 0 bridgehead atoms. The van der Waals surface area contributed by atoms with Crippen molar-refractivity contribution in [3.8, 4) is 11.8 Å². The van der Waals surface area contributed by atoms with Crippen LogP contribution in [-0.4, -0.2) is 57.2 Å². The van der Waals surface area contributed by atoms with Crippen molar-refractivity contribution >= 4 is 23.0 Å². The number of nitriles is 1. The number of para-hydroxylation sites is 1. The van der Waals surface area contributed by atoms with E-state index in [2.05, 4.69) is 15.9 Å². The molecule has 34 heavy (non-hydrogen) atoms. The Labute approximate surface area is 202 Å². The number of hydrogen-bond acceptors (Lipinski definition) is 6. The molecule has 2 aliphatic rings. The highest BCUT2D eigenvalue weighted by atomic mass is 16.5. The summed E-state index contributed by atoms with van der Waals surface area (Å²) in [6, 6.07) is 15.5. The zero-order valence-corrected chi connectivity index (χ0v) is 20.1. The lowest BCUT2D eigenvalue weighted by molar-refractivity contribution is -0.123. The SMILES string of the molecule is COc1cc(N)ccc1N1CCN(CCN(C(=O)C2CCCCC2)c2ccccc2C#N)CC1. The van der Waals surface area contributed by atoms with Gasteiger partial charge >= 0.3 is 0 Å². The Kier molecular flexibility index (Phi) is 7.91. The van der Waals surface area contributed by atoms with Crippen molar-refractivity contribution in [2.45, 2.75) is 32.1 Å². The number of benzene rings is 2. The molecule has 4 rings (SSSR count). The predicted octanol–water partition coefficient (Wildman–Crippen LogP) is 3.88. The zero-order valence-electron chi connectivity index (χ0n) is 20.1. The molecule has 1 saturated heterocycles. The van der Waals surface area contributed by atoms with Gasteiger partial charge in [-0.3, -0.25) is 9.69 Å². The first-order valence-corrected chi connectivity index (χ1v) is 12.3. The fraction of sp³-hybridized carbons (Fsp3) is 0.481. The normalized spacial score (nSPS) is 17.2. The van der Waals surface area contributed by atoms with Crippen LogP contribution >= 0.6 is 0 Å². The summed E-state index contributed by atoms with van der Waals surface area (Å²) in [6.07, 6.45) is 5.33. The minimum Gasteiger partial charge on any atom is -0.495 e. The lowest BCUT2D eigenvalue weighted by atomic mass is 9.88. The monoisotopic (exact) mass is 461 g/mol. The molecule has 2 aromatic rings. The number of nitrogens with zero attached hydrogens (tertiary/aromatic N) is 4. The van der Waals surface area contributed by atoms with Crippen LogP contribution in [0.15, 0.2) is 42.5 Å². The summed E-state index contributed by atoms with van der Waals surface area (Å²) >= 11 is 0. The van der Waals surface area contributed by atoms with Crippen molar-refractivity contribution in [2.24, 2.45) is 5.92 Å². The van der Waals surface area contributed by atoms with Crippen molar-refractivity contribution in [1.82, 2.24) is 4.90 Å². The number of methoxy groups -OCH3 is 1. The van der Waals surface area contributed by atoms with Gasteiger partial charge in [-0.2, -0.15) is 5.26 Å². The number of hydrogen-bond donors (Lipinski definition) is 1. The van der Waals surface area contributed by atoms with Gasteiger partial charge in [0.2, 0.25) is 5.91 Å². The van der Waals surface area contributed by atoms with Crippen molar-refractivity contribution in [2.75, 3.05) is 61.9 Å². The highest BCUT2D eigenvalue weighted by molar-refractivity contribution is 5.96. The second-order valence-corrected chi connectivity index (χ2v) is 9.21. The summed E-state index contributed by atoms with van der Waals surface area (Å²) in [6.45, 7) is 4.94. The molecule has 7 heteroatoms. The minimum absolute atomic E-state index is 0.0651. The molecular weight excluding hydrogens is 426 g/mol. The Morgan fingerprint density at radius 2 is 1.85 bits per heavy atom. The third-order valence-electron chi connectivity index (χ3n) is 7.09. The third kappa shape index (κ3) is 5.45. The maximum absolute atomic E-state index is 13.5. The van der Waals surface area contributed by atoms with E-state index in [1.165, 1.54) is 6.42 Å². The van der Waals surface area contributed by atoms with Crippen molar-refractivity contribution in [3.05, 3.63) is 48.0 Å². The number of carbonyl (C=O) groups excluding carboxylic acids is 1. The molecule has 1 aliphatic heterocycles. The molecule has 1 heterocycles. The smallest absolute Gasteiger partial charge is 0.230 e. The number of nitrogen functional groups attached to an aromatic ring is 1. The lowest BCUT2D eigenvalue weighted by Gasteiger charge is -2.38. The van der Waals surface area contributed by atoms with Gasteiger partial charge in [0.15, 0.2) is 0 Å². The summed E-state index contributed by atoms with van der Waals surface area (Å²) in [5.74, 6) is 1.04. The van der Waals surface area contributed by atoms with Gasteiger partial charge in [-0.1, -0.05) is 31.4 Å². The first kappa shape index (κ1) is 23.9. The molecule has 1 aliphatic carbocycles. The molecule has 0 unspecified atom stereocenters. The van der Waals surface area contributed by atoms with Crippen LogP contribution in [0.25, 0.3) is 0 Å². The molecular formula is C27H35N5O2. The van der Waals surface area contributed by atoms with Crippen LogP contribution in [0, 0.1) is 17.2 Å². The van der Waals surface area contributed by atoms with Gasteiger partial charge in [0.05, 0.1) is 24.0 Å². The topological polar surface area (TPSA) is 85.8 Å². The Balaban J connectivity index is 1.42. The van der Waals surface area contributed by atoms with Crippen LogP contribution in [0.2, 0.25) is 0 Å². The Bertz CT molecular complexity index is 1020. The van der Waals surface area contributed by atoms with Crippen LogP contribution < -0.4 is 20.3 Å². The summed E-state index contributed by atoms with van der Waals surface area (Å²) < 4.78 is 5.53. The standard InChI is InChI=1S/C27H35N5O2/c1-34-26-19-23(29)11-12-25(26)31-16-13-30(14-17-31)15-18-32(24-10-6-5-9-22(24)20-28)27(33)21-7-3-2-4-8-21/h5-6,9-12,19,21H,2-4,7-8,13-18,29H2,1H3. The van der Waals surface area contributed by atoms with E-state index in [9.17, 15) is 10.1 Å². The van der Waals surface area contributed by atoms with Crippen LogP contribution in [-0.2, 0) is 4.79 Å². The van der Waals surface area contributed by atoms with E-state index in [4.69, 9.17) is 10.5 Å². The average Bonchev–Trinajstić information content (AvgIpc) is 2.89. The van der Waals surface area contributed by atoms with Gasteiger partial charge in [0.25, 0.3) is 0 Å². The van der Waals surface area contributed by atoms with Crippen LogP contribution in [0.4, 0.5) is 17.1 Å². The third-order valence-corrected chi connectivity index (χ3v) is 7.09. The van der Waals surface area contributed by atoms with Crippen LogP contribution in [0.3, 0.4) is 0 Å². The molecule has 2 fully saturated rings. The predicted molar refractivity (Wildman–Crippen MR) is 136 cm³/mol. The van der Waals surface area contributed by atoms with Crippen LogP contribution in [0.5, 0.6) is 5.75 Å². The highest BCUT2D eigenvalue weighted by Gasteiger charge is 2.29. The molecule has 7 nitrogen and oxygen atoms in total. The van der Waals surface area contributed by atoms with Gasteiger partial charge in [-0.25, -0.2) is 0 Å². The van der Waals surface area contributed by atoms with Gasteiger partial charge < -0.3 is 20.3 Å². The number of piperazine rings is 1. The van der Waals surface area contributed by atoms with Crippen LogP contribution in [0.1, 0.15) is 37.7 Å². The maximum atomic E-state index is 13.5. The van der Waals surface area contributed by atoms with E-state index in [0.717, 1.165) is 75.5 Å². The van der Waals surface area contributed by atoms with E-state index < -0.39 is 0 Å². The van der Waals surface area contributed by atoms with Gasteiger partial charge in [0, 0.05) is 56.9 Å². The van der Waals surface area contributed by atoms with E-state index in [-0.39, 0.29) is 11.8 Å². The first-order chi connectivity index (χ1) is 16.6. The van der Waals surface area contributed by atoms with E-state index in [1.54, 1.807) is 13.2 Å². The number of ether oxygens (including phenoxy) is 1. The second kappa shape index (κ2) is 11.3. The second-order valence-electron chi connectivity index (χ2n) is 9.21. The fourth-order valence-electron chi connectivity index (χ4n) is 5.13. The van der Waals surface area contributed by atoms with Gasteiger partial charge in [-0.05, 0) is 37.1 Å². The Morgan fingerprint density at radius 1 is 1.12 bits per heavy atom. The molecule has 0 aromatic heterocycles. The number of nitrogens with two attached hydrogens (primary N) is 1. The molecule has 0 spiro atoms. The van der Waals surface area contributed by atoms with Crippen molar-refractivity contribution in [1.29, 1.82) is 5.26 Å². The highest BCUT2D eigenvalue weighted by Crippen LogP contribution is 2.31. The lowest BCUT2D eigenvalue weighted by Crippen LogP contribution is -2.50. The molecule has 2 aromatic carbocycles. The quantitative estimate of drug-likeness (QED) is 0.630. The molecule has 0 radical (unpaired) electrons. The Morgan fingerprint density at radius 3 is 2.56 bits per heavy atom. The molecule has 0 atom stereocenters. The largest absolute Gasteiger partial charge is 0.495 e. The minimum atomic E-state index is 0.0651. The van der Waals surface area contributed by atoms with E-state index >= 15 is 0 Å². The van der Waals surface area contributed by atoms with Gasteiger partial charge in [-0.15, -0.1) is 0 Å². The van der Waals surface area contributed by atoms with Crippen molar-refractivity contribution in [3.63, 3.8) is 0 Å². The maximum Gasteiger partial charge on any atom is 0.230 e. The van der Waals surface area contributed by atoms with Gasteiger partial charge in [0.1, 0.15) is 11.8 Å². The first-order valence-electron chi connectivity index (χ1n) is 12.3. The Hall–Kier alpha value is -3.24. The average molecular weight is 462 g/mol. The zero-order chi connectivity index (χ0) is 23.9. The van der Waals surface area contributed by atoms with E-state index in [0.29, 0.717) is 17.8 Å². The molecule has 2 N–H and O–H groups in total. The molecule has 180 valence electrons. The number of amides is 1. The number of anilines is 3. The van der Waals surface area contributed by atoms with Crippen molar-refractivity contribution < 1.29 is 9.53 Å². The summed E-state index contributed by atoms with van der Waals surface area (Å²) in [5, 5.41) is 9.65. The molecule has 1 saturated carbocycles. The summed E-state index contributed by atoms with van der Waals surface area (Å²) in [7, 11) is 1.67. The fourth-order valence-corrected chi connectivity index (χ4v) is 5.13. The molecule has 1 amide bonds. The van der Waals surface area contributed by atoms with E-state index in [1.807, 2.05) is 41.3 Å². The number of carbonyl (C=O) groups is 1. The summed E-state index contributed by atoms with van der Waals surface area (Å²) in [5.41, 5.74) is 8.97.